The van der Waals surface area contributed by atoms with Crippen molar-refractivity contribution in [3.63, 3.8) is 0 Å². The van der Waals surface area contributed by atoms with Crippen LogP contribution in [0.1, 0.15) is 34.8 Å². The Morgan fingerprint density at radius 2 is 2.07 bits per heavy atom. The molecule has 1 aromatic carbocycles. The Kier molecular flexibility index (Phi) is 6.14. The monoisotopic (exact) mass is 416 g/mol. The second-order valence-electron chi connectivity index (χ2n) is 6.91. The molecule has 0 aliphatic rings. The lowest BCUT2D eigenvalue weighted by Gasteiger charge is -2.12. The summed E-state index contributed by atoms with van der Waals surface area (Å²) in [5.41, 5.74) is 4.77. The zero-order valence-electron chi connectivity index (χ0n) is 16.8. The summed E-state index contributed by atoms with van der Waals surface area (Å²) in [7, 11) is 0. The van der Waals surface area contributed by atoms with Crippen LogP contribution in [0.2, 0.25) is 0 Å². The number of hydrogen-bond acceptors (Lipinski definition) is 3. The highest BCUT2D eigenvalue weighted by atomic mass is 19.4. The number of imidazole rings is 1. The number of nitrogens with one attached hydrogen (secondary N) is 2. The average molecular weight is 416 g/mol. The van der Waals surface area contributed by atoms with Gasteiger partial charge in [0.1, 0.15) is 0 Å². The van der Waals surface area contributed by atoms with Crippen LogP contribution in [-0.2, 0) is 0 Å². The van der Waals surface area contributed by atoms with E-state index in [0.29, 0.717) is 23.4 Å². The van der Waals surface area contributed by atoms with Crippen molar-refractivity contribution in [2.45, 2.75) is 26.4 Å². The average Bonchev–Trinajstić information content (AvgIpc) is 3.11. The zero-order valence-corrected chi connectivity index (χ0v) is 16.8. The number of hydrogen-bond donors (Lipinski definition) is 2. The number of fused-ring (bicyclic) bond motifs is 1. The molecule has 0 saturated carbocycles. The quantitative estimate of drug-likeness (QED) is 0.566. The Morgan fingerprint density at radius 3 is 2.70 bits per heavy atom. The highest BCUT2D eigenvalue weighted by Crippen LogP contribution is 2.28. The molecular formula is C22H23F3N4O. The molecule has 0 radical (unpaired) electrons. The van der Waals surface area contributed by atoms with E-state index in [1.165, 1.54) is 0 Å². The van der Waals surface area contributed by atoms with Gasteiger partial charge >= 0.3 is 6.18 Å². The topological polar surface area (TPSA) is 58.4 Å². The van der Waals surface area contributed by atoms with Gasteiger partial charge in [0.05, 0.1) is 24.0 Å². The Morgan fingerprint density at radius 1 is 1.30 bits per heavy atom. The fraction of sp³-hybridized carbons (Fsp3) is 0.273. The van der Waals surface area contributed by atoms with Gasteiger partial charge in [0, 0.05) is 30.4 Å². The van der Waals surface area contributed by atoms with Gasteiger partial charge in [-0.3, -0.25) is 9.20 Å². The number of nitrogens with zero attached hydrogens (tertiary/aromatic N) is 2. The van der Waals surface area contributed by atoms with Crippen LogP contribution < -0.4 is 10.6 Å². The lowest BCUT2D eigenvalue weighted by Crippen LogP contribution is -2.23. The van der Waals surface area contributed by atoms with Crippen molar-refractivity contribution in [2.24, 2.45) is 0 Å². The number of pyridine rings is 1. The second kappa shape index (κ2) is 8.61. The van der Waals surface area contributed by atoms with Crippen LogP contribution >= 0.6 is 0 Å². The van der Waals surface area contributed by atoms with E-state index in [2.05, 4.69) is 22.2 Å². The largest absolute Gasteiger partial charge is 0.390 e. The molecule has 0 unspecified atom stereocenters. The van der Waals surface area contributed by atoms with E-state index in [4.69, 9.17) is 0 Å². The molecule has 30 heavy (non-hydrogen) atoms. The van der Waals surface area contributed by atoms with Gasteiger partial charge in [-0.2, -0.15) is 13.2 Å². The van der Waals surface area contributed by atoms with E-state index >= 15 is 0 Å². The molecule has 2 heterocycles. The maximum absolute atomic E-state index is 12.5. The van der Waals surface area contributed by atoms with Crippen molar-refractivity contribution in [1.82, 2.24) is 14.7 Å². The number of rotatable bonds is 7. The number of halogens is 3. The minimum absolute atomic E-state index is 0.134. The number of anilines is 1. The number of carbonyl (C=O) groups is 1. The molecule has 0 spiro atoms. The summed E-state index contributed by atoms with van der Waals surface area (Å²) in [4.78, 5) is 16.6. The highest BCUT2D eigenvalue weighted by Gasteiger charge is 2.26. The van der Waals surface area contributed by atoms with E-state index in [1.54, 1.807) is 24.4 Å². The summed E-state index contributed by atoms with van der Waals surface area (Å²) in [5.74, 6) is -0.134. The Balaban J connectivity index is 1.99. The van der Waals surface area contributed by atoms with Crippen LogP contribution in [0.4, 0.5) is 18.9 Å². The van der Waals surface area contributed by atoms with Gasteiger partial charge in [0.25, 0.3) is 5.91 Å². The standard InChI is InChI=1S/C22H23F3N4O/c1-4-15-11-18(27-9-8-22(23,24)25)20-28-12-19(29(20)13-15)16-6-7-17(14(3)10-16)21(30)26-5-2/h4,6-7,10-13,27H,1,5,8-9H2,2-3H3,(H,26,30). The lowest BCUT2D eigenvalue weighted by molar-refractivity contribution is -0.131. The lowest BCUT2D eigenvalue weighted by atomic mass is 10.0. The van der Waals surface area contributed by atoms with E-state index in [9.17, 15) is 18.0 Å². The first-order chi connectivity index (χ1) is 14.2. The van der Waals surface area contributed by atoms with Gasteiger partial charge in [-0.15, -0.1) is 0 Å². The molecule has 0 aliphatic heterocycles. The molecule has 3 rings (SSSR count). The number of amides is 1. The van der Waals surface area contributed by atoms with Crippen molar-refractivity contribution in [3.05, 3.63) is 59.9 Å². The van der Waals surface area contributed by atoms with Gasteiger partial charge in [-0.1, -0.05) is 18.7 Å². The summed E-state index contributed by atoms with van der Waals surface area (Å²) in [6.07, 6.45) is -0.0548. The van der Waals surface area contributed by atoms with Crippen molar-refractivity contribution < 1.29 is 18.0 Å². The number of aryl methyl sites for hydroxylation is 1. The predicted molar refractivity (Wildman–Crippen MR) is 113 cm³/mol. The van der Waals surface area contributed by atoms with Gasteiger partial charge in [0.2, 0.25) is 0 Å². The van der Waals surface area contributed by atoms with Crippen LogP contribution in [-0.4, -0.2) is 34.6 Å². The number of aromatic nitrogens is 2. The maximum Gasteiger partial charge on any atom is 0.390 e. The van der Waals surface area contributed by atoms with Crippen LogP contribution in [0.3, 0.4) is 0 Å². The molecule has 0 atom stereocenters. The fourth-order valence-electron chi connectivity index (χ4n) is 3.24. The molecule has 2 N–H and O–H groups in total. The Hall–Kier alpha value is -3.29. The van der Waals surface area contributed by atoms with Crippen molar-refractivity contribution in [2.75, 3.05) is 18.4 Å². The van der Waals surface area contributed by atoms with Crippen LogP contribution in [0.25, 0.3) is 23.0 Å². The summed E-state index contributed by atoms with van der Waals surface area (Å²) < 4.78 is 39.4. The van der Waals surface area contributed by atoms with E-state index in [-0.39, 0.29) is 12.5 Å². The van der Waals surface area contributed by atoms with Crippen molar-refractivity contribution in [3.8, 4) is 11.3 Å². The number of benzene rings is 1. The highest BCUT2D eigenvalue weighted by molar-refractivity contribution is 5.96. The Labute approximate surface area is 172 Å². The molecule has 1 amide bonds. The van der Waals surface area contributed by atoms with E-state index < -0.39 is 12.6 Å². The third-order valence-electron chi connectivity index (χ3n) is 4.69. The third-order valence-corrected chi connectivity index (χ3v) is 4.69. The maximum atomic E-state index is 12.5. The molecular weight excluding hydrogens is 393 g/mol. The first-order valence-electron chi connectivity index (χ1n) is 9.57. The molecule has 2 aromatic heterocycles. The van der Waals surface area contributed by atoms with Gasteiger partial charge in [-0.25, -0.2) is 4.98 Å². The van der Waals surface area contributed by atoms with Gasteiger partial charge in [0.15, 0.2) is 5.65 Å². The molecule has 0 saturated heterocycles. The van der Waals surface area contributed by atoms with Crippen molar-refractivity contribution >= 4 is 23.3 Å². The molecule has 158 valence electrons. The zero-order chi connectivity index (χ0) is 21.9. The first kappa shape index (κ1) is 21.4. The predicted octanol–water partition coefficient (Wildman–Crippen LogP) is 5.07. The molecule has 0 fully saturated rings. The summed E-state index contributed by atoms with van der Waals surface area (Å²) in [5, 5.41) is 5.61. The number of alkyl halides is 3. The SMILES string of the molecule is C=Cc1cc(NCCC(F)(F)F)c2ncc(-c3ccc(C(=O)NCC)c(C)c3)n2c1. The number of carbonyl (C=O) groups excluding carboxylic acids is 1. The Bertz CT molecular complexity index is 1090. The smallest absolute Gasteiger partial charge is 0.382 e. The van der Waals surface area contributed by atoms with E-state index in [0.717, 1.165) is 22.4 Å². The van der Waals surface area contributed by atoms with Crippen molar-refractivity contribution in [1.29, 1.82) is 0 Å². The van der Waals surface area contributed by atoms with Crippen LogP contribution in [0, 0.1) is 6.92 Å². The summed E-state index contributed by atoms with van der Waals surface area (Å²) in [6, 6.07) is 7.21. The van der Waals surface area contributed by atoms with Crippen LogP contribution in [0.15, 0.2) is 43.2 Å². The molecule has 5 nitrogen and oxygen atoms in total. The molecule has 8 heteroatoms. The minimum Gasteiger partial charge on any atom is -0.382 e. The second-order valence-corrected chi connectivity index (χ2v) is 6.91. The van der Waals surface area contributed by atoms with Gasteiger partial charge in [-0.05, 0) is 43.2 Å². The van der Waals surface area contributed by atoms with Gasteiger partial charge < -0.3 is 10.6 Å². The summed E-state index contributed by atoms with van der Waals surface area (Å²) in [6.45, 7) is 7.77. The van der Waals surface area contributed by atoms with E-state index in [1.807, 2.05) is 36.6 Å². The normalized spacial score (nSPS) is 11.5. The van der Waals surface area contributed by atoms with Crippen LogP contribution in [0.5, 0.6) is 0 Å². The fourth-order valence-corrected chi connectivity index (χ4v) is 3.24. The minimum atomic E-state index is -4.23. The first-order valence-corrected chi connectivity index (χ1v) is 9.57. The summed E-state index contributed by atoms with van der Waals surface area (Å²) >= 11 is 0. The molecule has 0 aliphatic carbocycles. The molecule has 0 bridgehead atoms. The third kappa shape index (κ3) is 4.64. The molecule has 3 aromatic rings.